The molecule has 0 spiro atoms. The largest absolute Gasteiger partial charge is 0.311 e. The van der Waals surface area contributed by atoms with Gasteiger partial charge < -0.3 is 9.80 Å². The van der Waals surface area contributed by atoms with Gasteiger partial charge in [-0.25, -0.2) is 4.98 Å². The quantitative estimate of drug-likeness (QED) is 0.129. The SMILES string of the molecule is N#Cc1ccc(-c2cc(-n3c4ccccc4c4cc(-c5ccc(N(c6ccccc6)c6ccccc6)cc5)ccc43)nc(-n3c4ccccc4c4cc(-c5ccc(N(c6ccccc6)c6ccccc6)cc5)ccc43)c2)cc1C#N. The molecule has 0 fully saturated rings. The van der Waals surface area contributed by atoms with Crippen LogP contribution in [0.5, 0.6) is 0 Å². The highest BCUT2D eigenvalue weighted by molar-refractivity contribution is 6.12. The Morgan fingerprint density at radius 1 is 0.263 bits per heavy atom. The third kappa shape index (κ3) is 8.36. The molecule has 0 N–H and O–H groups in total. The molecule has 7 heteroatoms. The van der Waals surface area contributed by atoms with E-state index in [-0.39, 0.29) is 0 Å². The van der Waals surface area contributed by atoms with E-state index in [1.54, 1.807) is 6.07 Å². The van der Waals surface area contributed by atoms with Crippen LogP contribution in [0, 0.1) is 22.7 Å². The van der Waals surface area contributed by atoms with E-state index in [1.807, 2.05) is 36.4 Å². The normalized spacial score (nSPS) is 11.2. The van der Waals surface area contributed by atoms with Crippen LogP contribution in [0.4, 0.5) is 34.1 Å². The van der Waals surface area contributed by atoms with Gasteiger partial charge in [-0.1, -0.05) is 152 Å². The summed E-state index contributed by atoms with van der Waals surface area (Å²) >= 11 is 0. The van der Waals surface area contributed by atoms with Gasteiger partial charge in [0.15, 0.2) is 0 Å². The lowest BCUT2D eigenvalue weighted by molar-refractivity contribution is 1.01. The van der Waals surface area contributed by atoms with Crippen LogP contribution in [0.25, 0.3) is 88.6 Å². The van der Waals surface area contributed by atoms with E-state index in [0.717, 1.165) is 111 Å². The maximum atomic E-state index is 10.3. The fourth-order valence-corrected chi connectivity index (χ4v) is 11.4. The number of nitrogens with zero attached hydrogens (tertiary/aromatic N) is 7. The third-order valence-electron chi connectivity index (χ3n) is 15.2. The number of hydrogen-bond acceptors (Lipinski definition) is 5. The first-order chi connectivity index (χ1) is 39.6. The van der Waals surface area contributed by atoms with E-state index in [1.165, 1.54) is 0 Å². The Kier molecular flexibility index (Phi) is 11.8. The van der Waals surface area contributed by atoms with E-state index < -0.39 is 0 Å². The number of hydrogen-bond donors (Lipinski definition) is 0. The van der Waals surface area contributed by atoms with Gasteiger partial charge in [-0.3, -0.25) is 9.13 Å². The summed E-state index contributed by atoms with van der Waals surface area (Å²) in [6.45, 7) is 0. The lowest BCUT2D eigenvalue weighted by Gasteiger charge is -2.25. The molecule has 3 aromatic heterocycles. The molecule has 0 aliphatic rings. The second kappa shape index (κ2) is 20.0. The van der Waals surface area contributed by atoms with Gasteiger partial charge in [0.25, 0.3) is 0 Å². The first-order valence-corrected chi connectivity index (χ1v) is 26.6. The summed E-state index contributed by atoms with van der Waals surface area (Å²) < 4.78 is 4.51. The maximum absolute atomic E-state index is 10.3. The number of para-hydroxylation sites is 6. The van der Waals surface area contributed by atoms with Gasteiger partial charge in [0, 0.05) is 55.7 Å². The Bertz CT molecular complexity index is 4370. The zero-order chi connectivity index (χ0) is 53.5. The molecule has 0 amide bonds. The number of pyridine rings is 1. The molecule has 0 aliphatic carbocycles. The number of rotatable bonds is 11. The van der Waals surface area contributed by atoms with Crippen molar-refractivity contribution >= 4 is 77.7 Å². The Morgan fingerprint density at radius 3 is 0.988 bits per heavy atom. The lowest BCUT2D eigenvalue weighted by atomic mass is 10.0. The van der Waals surface area contributed by atoms with Crippen molar-refractivity contribution < 1.29 is 0 Å². The smallest absolute Gasteiger partial charge is 0.140 e. The maximum Gasteiger partial charge on any atom is 0.140 e. The summed E-state index contributed by atoms with van der Waals surface area (Å²) in [6, 6.07) is 104. The first-order valence-electron chi connectivity index (χ1n) is 26.6. The van der Waals surface area contributed by atoms with Crippen molar-refractivity contribution in [2.24, 2.45) is 0 Å². The second-order valence-corrected chi connectivity index (χ2v) is 19.8. The number of benzene rings is 11. The predicted molar refractivity (Wildman–Crippen MR) is 328 cm³/mol. The van der Waals surface area contributed by atoms with E-state index in [0.29, 0.717) is 22.8 Å². The summed E-state index contributed by atoms with van der Waals surface area (Å²) in [5, 5.41) is 24.6. The number of anilines is 6. The van der Waals surface area contributed by atoms with Crippen LogP contribution in [-0.2, 0) is 0 Å². The summed E-state index contributed by atoms with van der Waals surface area (Å²) in [7, 11) is 0. The molecule has 14 rings (SSSR count). The molecule has 0 saturated heterocycles. The number of fused-ring (bicyclic) bond motifs is 6. The van der Waals surface area contributed by atoms with Gasteiger partial charge in [-0.05, 0) is 167 Å². The minimum absolute atomic E-state index is 0.320. The van der Waals surface area contributed by atoms with Crippen molar-refractivity contribution in [1.82, 2.24) is 14.1 Å². The van der Waals surface area contributed by atoms with Crippen LogP contribution in [0.15, 0.2) is 285 Å². The average molecular weight is 1020 g/mol. The number of aromatic nitrogens is 3. The molecule has 3 heterocycles. The summed E-state index contributed by atoms with van der Waals surface area (Å²) in [5.41, 5.74) is 17.3. The van der Waals surface area contributed by atoms with E-state index >= 15 is 0 Å². The van der Waals surface area contributed by atoms with Crippen LogP contribution in [0.3, 0.4) is 0 Å². The first kappa shape index (κ1) is 47.2. The number of nitriles is 2. The highest BCUT2D eigenvalue weighted by Crippen LogP contribution is 2.42. The highest BCUT2D eigenvalue weighted by Gasteiger charge is 2.21. The standard InChI is InChI=1S/C73H47N7/c74-48-55-30-29-52(43-57(55)49-75)56-46-72(79-68-27-15-13-25-64(68)66-44-53(35-41-70(66)79)50-31-37-62(38-32-50)77(58-17-5-1-6-18-58)59-19-7-2-8-20-59)76-73(47-56)80-69-28-16-14-26-65(69)67-45-54(36-42-71(67)80)51-33-39-63(40-34-51)78(60-21-9-3-10-22-60)61-23-11-4-12-24-61/h1-47H. The summed E-state index contributed by atoms with van der Waals surface area (Å²) in [6.07, 6.45) is 0. The third-order valence-corrected chi connectivity index (χ3v) is 15.2. The van der Waals surface area contributed by atoms with Gasteiger partial charge in [0.1, 0.15) is 23.8 Å². The zero-order valence-corrected chi connectivity index (χ0v) is 43.3. The van der Waals surface area contributed by atoms with Crippen LogP contribution < -0.4 is 9.80 Å². The molecule has 374 valence electrons. The minimum atomic E-state index is 0.320. The zero-order valence-electron chi connectivity index (χ0n) is 43.3. The van der Waals surface area contributed by atoms with E-state index in [9.17, 15) is 10.5 Å². The summed E-state index contributed by atoms with van der Waals surface area (Å²) in [5.74, 6) is 1.43. The fourth-order valence-electron chi connectivity index (χ4n) is 11.4. The van der Waals surface area contributed by atoms with Gasteiger partial charge >= 0.3 is 0 Å². The molecule has 0 aliphatic heterocycles. The summed E-state index contributed by atoms with van der Waals surface area (Å²) in [4.78, 5) is 10.2. The molecule has 7 nitrogen and oxygen atoms in total. The molecule has 0 atom stereocenters. The average Bonchev–Trinajstić information content (AvgIpc) is 4.11. The predicted octanol–water partition coefficient (Wildman–Crippen LogP) is 19.0. The van der Waals surface area contributed by atoms with E-state index in [4.69, 9.17) is 4.98 Å². The van der Waals surface area contributed by atoms with Gasteiger partial charge in [-0.15, -0.1) is 0 Å². The Labute approximate surface area is 463 Å². The van der Waals surface area contributed by atoms with Crippen molar-refractivity contribution in [2.75, 3.05) is 9.80 Å². The van der Waals surface area contributed by atoms with Crippen LogP contribution >= 0.6 is 0 Å². The molecule has 0 bridgehead atoms. The van der Waals surface area contributed by atoms with Gasteiger partial charge in [0.2, 0.25) is 0 Å². The topological polar surface area (TPSA) is 76.8 Å². The highest BCUT2D eigenvalue weighted by atomic mass is 15.2. The van der Waals surface area contributed by atoms with E-state index in [2.05, 4.69) is 274 Å². The van der Waals surface area contributed by atoms with Crippen molar-refractivity contribution in [2.45, 2.75) is 0 Å². The van der Waals surface area contributed by atoms with Gasteiger partial charge in [-0.2, -0.15) is 10.5 Å². The molecule has 0 unspecified atom stereocenters. The second-order valence-electron chi connectivity index (χ2n) is 19.8. The van der Waals surface area contributed by atoms with Crippen LogP contribution in [0.2, 0.25) is 0 Å². The minimum Gasteiger partial charge on any atom is -0.311 e. The lowest BCUT2D eigenvalue weighted by Crippen LogP contribution is -2.09. The van der Waals surface area contributed by atoms with Crippen LogP contribution in [0.1, 0.15) is 11.1 Å². The van der Waals surface area contributed by atoms with Crippen molar-refractivity contribution in [3.8, 4) is 57.2 Å². The fraction of sp³-hybridized carbons (Fsp3) is 0. The Morgan fingerprint density at radius 2 is 0.588 bits per heavy atom. The molecule has 80 heavy (non-hydrogen) atoms. The molecule has 0 radical (unpaired) electrons. The van der Waals surface area contributed by atoms with Crippen LogP contribution in [-0.4, -0.2) is 14.1 Å². The molecule has 11 aromatic carbocycles. The molecule has 14 aromatic rings. The van der Waals surface area contributed by atoms with Gasteiger partial charge in [0.05, 0.1) is 33.2 Å². The molecule has 0 saturated carbocycles. The Balaban J connectivity index is 0.895. The Hall–Kier alpha value is -11.3. The van der Waals surface area contributed by atoms with Crippen molar-refractivity contribution in [3.05, 3.63) is 296 Å². The van der Waals surface area contributed by atoms with Crippen molar-refractivity contribution in [1.29, 1.82) is 10.5 Å². The molecular weight excluding hydrogens is 975 g/mol. The monoisotopic (exact) mass is 1020 g/mol. The molecular formula is C73H47N7. The van der Waals surface area contributed by atoms with Crippen molar-refractivity contribution in [3.63, 3.8) is 0 Å².